The summed E-state index contributed by atoms with van der Waals surface area (Å²) in [6.45, 7) is 4.71. The van der Waals surface area contributed by atoms with Crippen LogP contribution in [0.3, 0.4) is 0 Å². The first kappa shape index (κ1) is 32.9. The van der Waals surface area contributed by atoms with Gasteiger partial charge in [0.1, 0.15) is 0 Å². The molecule has 2 heterocycles. The van der Waals surface area contributed by atoms with Crippen molar-refractivity contribution in [1.29, 1.82) is 0 Å². The SMILES string of the molecule is CC1(C)c2ccccc2-c2c(-c3ccc4c(c3)c3cc(-c5cccc(-c6ccc7c8ccccc8c8ccccc8c7n6)c5)ccc3n4-c3ccccc3)cccc21. The molecule has 11 aromatic rings. The standard InChI is InChI=1S/C56H38N2/c1-56(2)49-24-11-10-22-46(49)54-40(23-13-25-50(54)56)37-27-31-53-48(34-37)47-33-36(26-30-52(47)58(53)39-16-4-3-5-17-39)35-14-12-15-38(32-35)51-29-28-45-43-20-7-6-18-41(43)42-19-8-9-21-44(42)55(45)57-51/h3-34H,1-2H3. The average Bonchev–Trinajstić information content (AvgIpc) is 3.74. The van der Waals surface area contributed by atoms with E-state index in [4.69, 9.17) is 4.98 Å². The molecule has 0 N–H and O–H groups in total. The third kappa shape index (κ3) is 4.75. The molecule has 0 saturated carbocycles. The minimum Gasteiger partial charge on any atom is -0.309 e. The Labute approximate surface area is 337 Å². The van der Waals surface area contributed by atoms with Gasteiger partial charge in [0.15, 0.2) is 0 Å². The van der Waals surface area contributed by atoms with Crippen LogP contribution in [0, 0.1) is 0 Å². The van der Waals surface area contributed by atoms with E-state index >= 15 is 0 Å². The largest absolute Gasteiger partial charge is 0.309 e. The lowest BCUT2D eigenvalue weighted by atomic mass is 9.82. The summed E-state index contributed by atoms with van der Waals surface area (Å²) in [6, 6.07) is 71.2. The van der Waals surface area contributed by atoms with Crippen LogP contribution < -0.4 is 0 Å². The van der Waals surface area contributed by atoms with Crippen LogP contribution in [-0.2, 0) is 5.41 Å². The number of nitrogens with zero attached hydrogens (tertiary/aromatic N) is 2. The molecule has 1 aliphatic carbocycles. The molecule has 0 spiro atoms. The molecule has 0 aliphatic heterocycles. The lowest BCUT2D eigenvalue weighted by Crippen LogP contribution is -2.14. The van der Waals surface area contributed by atoms with Crippen LogP contribution in [-0.4, -0.2) is 9.55 Å². The van der Waals surface area contributed by atoms with Crippen molar-refractivity contribution < 1.29 is 0 Å². The predicted octanol–water partition coefficient (Wildman–Crippen LogP) is 14.9. The summed E-state index contributed by atoms with van der Waals surface area (Å²) in [6.07, 6.45) is 0. The van der Waals surface area contributed by atoms with E-state index in [-0.39, 0.29) is 5.41 Å². The number of pyridine rings is 1. The quantitative estimate of drug-likeness (QED) is 0.164. The van der Waals surface area contributed by atoms with Crippen molar-refractivity contribution in [1.82, 2.24) is 9.55 Å². The summed E-state index contributed by atoms with van der Waals surface area (Å²) in [7, 11) is 0. The highest BCUT2D eigenvalue weighted by molar-refractivity contribution is 6.24. The van der Waals surface area contributed by atoms with Gasteiger partial charge in [-0.25, -0.2) is 4.98 Å². The van der Waals surface area contributed by atoms with Crippen molar-refractivity contribution in [2.45, 2.75) is 19.3 Å². The molecule has 58 heavy (non-hydrogen) atoms. The van der Waals surface area contributed by atoms with E-state index in [0.29, 0.717) is 0 Å². The van der Waals surface area contributed by atoms with E-state index < -0.39 is 0 Å². The maximum absolute atomic E-state index is 5.37. The molecule has 12 rings (SSSR count). The first-order valence-electron chi connectivity index (χ1n) is 20.2. The summed E-state index contributed by atoms with van der Waals surface area (Å²) < 4.78 is 2.41. The highest BCUT2D eigenvalue weighted by Crippen LogP contribution is 2.52. The predicted molar refractivity (Wildman–Crippen MR) is 245 cm³/mol. The number of para-hydroxylation sites is 1. The highest BCUT2D eigenvalue weighted by Gasteiger charge is 2.36. The van der Waals surface area contributed by atoms with Crippen LogP contribution in [0.5, 0.6) is 0 Å². The average molecular weight is 739 g/mol. The Bertz CT molecular complexity index is 3440. The monoisotopic (exact) mass is 738 g/mol. The second kappa shape index (κ2) is 12.4. The van der Waals surface area contributed by atoms with Crippen molar-refractivity contribution >= 4 is 54.3 Å². The molecule has 0 unspecified atom stereocenters. The fourth-order valence-corrected chi connectivity index (χ4v) is 10.00. The zero-order chi connectivity index (χ0) is 38.5. The van der Waals surface area contributed by atoms with Gasteiger partial charge < -0.3 is 4.57 Å². The summed E-state index contributed by atoms with van der Waals surface area (Å²) >= 11 is 0. The van der Waals surface area contributed by atoms with Crippen LogP contribution in [0.2, 0.25) is 0 Å². The van der Waals surface area contributed by atoms with E-state index in [1.165, 1.54) is 93.2 Å². The van der Waals surface area contributed by atoms with E-state index in [1.54, 1.807) is 0 Å². The Morgan fingerprint density at radius 3 is 1.71 bits per heavy atom. The Hall–Kier alpha value is -7.29. The van der Waals surface area contributed by atoms with E-state index in [0.717, 1.165) is 22.5 Å². The zero-order valence-electron chi connectivity index (χ0n) is 32.4. The molecule has 0 atom stereocenters. The van der Waals surface area contributed by atoms with Gasteiger partial charge >= 0.3 is 0 Å². The van der Waals surface area contributed by atoms with Gasteiger partial charge in [0.05, 0.1) is 22.2 Å². The molecule has 0 fully saturated rings. The third-order valence-electron chi connectivity index (χ3n) is 12.8. The molecule has 2 aromatic heterocycles. The first-order valence-corrected chi connectivity index (χ1v) is 20.2. The van der Waals surface area contributed by atoms with E-state index in [1.807, 2.05) is 0 Å². The van der Waals surface area contributed by atoms with Crippen LogP contribution in [0.1, 0.15) is 25.0 Å². The molecule has 272 valence electrons. The third-order valence-corrected chi connectivity index (χ3v) is 12.8. The molecule has 2 heteroatoms. The van der Waals surface area contributed by atoms with Crippen molar-refractivity contribution in [3.63, 3.8) is 0 Å². The van der Waals surface area contributed by atoms with Crippen molar-refractivity contribution in [2.24, 2.45) is 0 Å². The topological polar surface area (TPSA) is 17.8 Å². The fourth-order valence-electron chi connectivity index (χ4n) is 10.00. The maximum Gasteiger partial charge on any atom is 0.0794 e. The summed E-state index contributed by atoms with van der Waals surface area (Å²) in [5.74, 6) is 0. The van der Waals surface area contributed by atoms with Gasteiger partial charge in [-0.1, -0.05) is 153 Å². The van der Waals surface area contributed by atoms with Gasteiger partial charge in [0.2, 0.25) is 0 Å². The molecule has 0 radical (unpaired) electrons. The van der Waals surface area contributed by atoms with Gasteiger partial charge in [-0.05, 0) is 115 Å². The number of hydrogen-bond donors (Lipinski definition) is 0. The number of fused-ring (bicyclic) bond motifs is 12. The summed E-state index contributed by atoms with van der Waals surface area (Å²) in [5.41, 5.74) is 17.0. The minimum absolute atomic E-state index is 0.0522. The molecule has 0 bridgehead atoms. The Morgan fingerprint density at radius 2 is 0.931 bits per heavy atom. The van der Waals surface area contributed by atoms with Gasteiger partial charge in [-0.3, -0.25) is 0 Å². The zero-order valence-corrected chi connectivity index (χ0v) is 32.4. The van der Waals surface area contributed by atoms with Crippen molar-refractivity contribution in [3.05, 3.63) is 205 Å². The lowest BCUT2D eigenvalue weighted by Gasteiger charge is -2.21. The molecular formula is C56H38N2. The summed E-state index contributed by atoms with van der Waals surface area (Å²) in [4.78, 5) is 5.37. The van der Waals surface area contributed by atoms with Gasteiger partial charge in [0.25, 0.3) is 0 Å². The van der Waals surface area contributed by atoms with Crippen LogP contribution >= 0.6 is 0 Å². The molecule has 0 amide bonds. The Morgan fingerprint density at radius 1 is 0.379 bits per heavy atom. The molecule has 0 saturated heterocycles. The molecular weight excluding hydrogens is 701 g/mol. The first-order chi connectivity index (χ1) is 28.5. The normalized spacial score (nSPS) is 13.1. The molecule has 1 aliphatic rings. The molecule has 9 aromatic carbocycles. The maximum atomic E-state index is 5.37. The smallest absolute Gasteiger partial charge is 0.0794 e. The van der Waals surface area contributed by atoms with Crippen molar-refractivity contribution in [2.75, 3.05) is 0 Å². The van der Waals surface area contributed by atoms with Crippen LogP contribution in [0.4, 0.5) is 0 Å². The van der Waals surface area contributed by atoms with Crippen LogP contribution in [0.15, 0.2) is 194 Å². The second-order valence-corrected chi connectivity index (χ2v) is 16.3. The van der Waals surface area contributed by atoms with E-state index in [9.17, 15) is 0 Å². The molecule has 2 nitrogen and oxygen atoms in total. The Kier molecular flexibility index (Phi) is 7.01. The highest BCUT2D eigenvalue weighted by atomic mass is 15.0. The lowest BCUT2D eigenvalue weighted by molar-refractivity contribution is 0.660. The second-order valence-electron chi connectivity index (χ2n) is 16.3. The summed E-state index contributed by atoms with van der Waals surface area (Å²) in [5, 5.41) is 8.58. The van der Waals surface area contributed by atoms with Gasteiger partial charge in [-0.2, -0.15) is 0 Å². The van der Waals surface area contributed by atoms with Crippen LogP contribution in [0.25, 0.3) is 105 Å². The van der Waals surface area contributed by atoms with E-state index in [2.05, 4.69) is 213 Å². The number of aromatic nitrogens is 2. The number of hydrogen-bond acceptors (Lipinski definition) is 1. The number of benzene rings is 9. The number of rotatable bonds is 4. The fraction of sp³-hybridized carbons (Fsp3) is 0.0536. The van der Waals surface area contributed by atoms with Gasteiger partial charge in [0, 0.05) is 38.2 Å². The Balaban J connectivity index is 1.03. The minimum atomic E-state index is -0.0522. The van der Waals surface area contributed by atoms with Gasteiger partial charge in [-0.15, -0.1) is 0 Å². The van der Waals surface area contributed by atoms with Crippen molar-refractivity contribution in [3.8, 4) is 50.3 Å².